The van der Waals surface area contributed by atoms with Gasteiger partial charge in [-0.3, -0.25) is 0 Å². The highest BCUT2D eigenvalue weighted by Crippen LogP contribution is 2.44. The van der Waals surface area contributed by atoms with Crippen LogP contribution in [0.3, 0.4) is 0 Å². The Morgan fingerprint density at radius 3 is 2.71 bits per heavy atom. The molecule has 0 aromatic heterocycles. The number of ether oxygens (including phenoxy) is 1. The van der Waals surface area contributed by atoms with Crippen LogP contribution in [0.25, 0.3) is 0 Å². The second kappa shape index (κ2) is 8.21. The first-order valence-electron chi connectivity index (χ1n) is 8.17. The summed E-state index contributed by atoms with van der Waals surface area (Å²) >= 11 is 2.09. The maximum atomic E-state index is 5.13. The summed E-state index contributed by atoms with van der Waals surface area (Å²) in [5.74, 6) is 0. The van der Waals surface area contributed by atoms with Crippen LogP contribution < -0.4 is 5.32 Å². The van der Waals surface area contributed by atoms with Crippen molar-refractivity contribution in [2.75, 3.05) is 26.8 Å². The topological polar surface area (TPSA) is 21.3 Å². The third-order valence-corrected chi connectivity index (χ3v) is 6.18. The first kappa shape index (κ1) is 16.9. The molecule has 118 valence electrons. The lowest BCUT2D eigenvalue weighted by Gasteiger charge is -2.34. The zero-order valence-electron chi connectivity index (χ0n) is 13.7. The molecular weight excluding hydrogens is 278 g/mol. The molecular formula is C18H29NOS. The molecule has 2 nitrogen and oxygen atoms in total. The molecule has 1 aliphatic rings. The van der Waals surface area contributed by atoms with Crippen molar-refractivity contribution in [1.82, 2.24) is 5.32 Å². The second-order valence-electron chi connectivity index (χ2n) is 6.13. The Hall–Kier alpha value is -0.510. The van der Waals surface area contributed by atoms with E-state index in [9.17, 15) is 0 Å². The van der Waals surface area contributed by atoms with Gasteiger partial charge in [0.2, 0.25) is 0 Å². The summed E-state index contributed by atoms with van der Waals surface area (Å²) in [6.45, 7) is 7.54. The maximum absolute atomic E-state index is 5.13. The van der Waals surface area contributed by atoms with Crippen molar-refractivity contribution in [2.24, 2.45) is 5.41 Å². The molecule has 0 amide bonds. The summed E-state index contributed by atoms with van der Waals surface area (Å²) in [6, 6.07) is 8.89. The summed E-state index contributed by atoms with van der Waals surface area (Å²) in [4.78, 5) is 1.50. The van der Waals surface area contributed by atoms with Gasteiger partial charge in [-0.05, 0) is 42.7 Å². The fraction of sp³-hybridized carbons (Fsp3) is 0.667. The van der Waals surface area contributed by atoms with Gasteiger partial charge in [-0.15, -0.1) is 11.8 Å². The predicted molar refractivity (Wildman–Crippen MR) is 92.2 cm³/mol. The summed E-state index contributed by atoms with van der Waals surface area (Å²) in [7, 11) is 1.76. The van der Waals surface area contributed by atoms with Gasteiger partial charge in [-0.2, -0.15) is 0 Å². The van der Waals surface area contributed by atoms with Gasteiger partial charge in [-0.1, -0.05) is 32.0 Å². The standard InChI is InChI=1S/C18H29NOS/c1-4-18(5-2,14-19-10-11-20-3)13-16-12-15-8-6-7-9-17(15)21-16/h6-9,16,19H,4-5,10-14H2,1-3H3. The minimum Gasteiger partial charge on any atom is -0.383 e. The summed E-state index contributed by atoms with van der Waals surface area (Å²) in [6.07, 6.45) is 5.04. The Kier molecular flexibility index (Phi) is 6.59. The molecule has 1 aliphatic heterocycles. The van der Waals surface area contributed by atoms with E-state index in [2.05, 4.69) is 55.2 Å². The smallest absolute Gasteiger partial charge is 0.0587 e. The number of methoxy groups -OCH3 is 1. The van der Waals surface area contributed by atoms with E-state index in [4.69, 9.17) is 4.74 Å². The van der Waals surface area contributed by atoms with Gasteiger partial charge in [0.05, 0.1) is 6.61 Å². The highest BCUT2D eigenvalue weighted by molar-refractivity contribution is 8.00. The number of hydrogen-bond donors (Lipinski definition) is 1. The number of rotatable bonds is 9. The van der Waals surface area contributed by atoms with Crippen molar-refractivity contribution in [3.05, 3.63) is 29.8 Å². The number of nitrogens with one attached hydrogen (secondary N) is 1. The van der Waals surface area contributed by atoms with Gasteiger partial charge in [0.15, 0.2) is 0 Å². The number of benzene rings is 1. The van der Waals surface area contributed by atoms with Gasteiger partial charge in [0.1, 0.15) is 0 Å². The minimum absolute atomic E-state index is 0.424. The molecule has 0 spiro atoms. The number of thioether (sulfide) groups is 1. The molecule has 3 heteroatoms. The van der Waals surface area contributed by atoms with Crippen LogP contribution in [0.15, 0.2) is 29.2 Å². The Morgan fingerprint density at radius 2 is 2.05 bits per heavy atom. The van der Waals surface area contributed by atoms with Crippen molar-refractivity contribution >= 4 is 11.8 Å². The van der Waals surface area contributed by atoms with Gasteiger partial charge in [-0.25, -0.2) is 0 Å². The van der Waals surface area contributed by atoms with Crippen LogP contribution in [0, 0.1) is 5.41 Å². The third kappa shape index (κ3) is 4.48. The quantitative estimate of drug-likeness (QED) is 0.693. The van der Waals surface area contributed by atoms with Crippen LogP contribution in [0.1, 0.15) is 38.7 Å². The van der Waals surface area contributed by atoms with E-state index in [1.165, 1.54) is 30.6 Å². The van der Waals surface area contributed by atoms with Crippen LogP contribution in [0.5, 0.6) is 0 Å². The fourth-order valence-electron chi connectivity index (χ4n) is 3.24. The molecule has 1 aromatic rings. The zero-order valence-corrected chi connectivity index (χ0v) is 14.5. The van der Waals surface area contributed by atoms with Crippen LogP contribution in [-0.4, -0.2) is 32.1 Å². The normalized spacial score (nSPS) is 18.0. The van der Waals surface area contributed by atoms with Gasteiger partial charge in [0.25, 0.3) is 0 Å². The van der Waals surface area contributed by atoms with E-state index in [0.717, 1.165) is 24.9 Å². The zero-order chi connectivity index (χ0) is 15.1. The molecule has 0 aliphatic carbocycles. The molecule has 21 heavy (non-hydrogen) atoms. The van der Waals surface area contributed by atoms with Crippen molar-refractivity contribution < 1.29 is 4.74 Å². The molecule has 0 bridgehead atoms. The maximum Gasteiger partial charge on any atom is 0.0587 e. The number of hydrogen-bond acceptors (Lipinski definition) is 3. The van der Waals surface area contributed by atoms with Crippen molar-refractivity contribution in [1.29, 1.82) is 0 Å². The van der Waals surface area contributed by atoms with E-state index in [1.807, 2.05) is 0 Å². The van der Waals surface area contributed by atoms with E-state index in [1.54, 1.807) is 12.7 Å². The highest BCUT2D eigenvalue weighted by atomic mass is 32.2. The van der Waals surface area contributed by atoms with E-state index < -0.39 is 0 Å². The molecule has 2 rings (SSSR count). The van der Waals surface area contributed by atoms with Crippen LogP contribution in [-0.2, 0) is 11.2 Å². The third-order valence-electron chi connectivity index (χ3n) is 4.86. The Bertz CT molecular complexity index is 406. The molecule has 1 atom stereocenters. The lowest BCUT2D eigenvalue weighted by molar-refractivity contribution is 0.181. The summed E-state index contributed by atoms with van der Waals surface area (Å²) in [5, 5.41) is 4.33. The molecule has 1 aromatic carbocycles. The van der Waals surface area contributed by atoms with E-state index in [-0.39, 0.29) is 0 Å². The molecule has 1 heterocycles. The first-order valence-corrected chi connectivity index (χ1v) is 9.05. The van der Waals surface area contributed by atoms with Crippen LogP contribution in [0.4, 0.5) is 0 Å². The second-order valence-corrected chi connectivity index (χ2v) is 7.47. The summed E-state index contributed by atoms with van der Waals surface area (Å²) in [5.41, 5.74) is 1.97. The van der Waals surface area contributed by atoms with Crippen molar-refractivity contribution in [3.63, 3.8) is 0 Å². The molecule has 0 saturated carbocycles. The van der Waals surface area contributed by atoms with Crippen molar-refractivity contribution in [2.45, 2.75) is 49.7 Å². The molecule has 0 radical (unpaired) electrons. The highest BCUT2D eigenvalue weighted by Gasteiger charge is 2.32. The largest absolute Gasteiger partial charge is 0.383 e. The lowest BCUT2D eigenvalue weighted by Crippen LogP contribution is -2.37. The first-order chi connectivity index (χ1) is 10.2. The van der Waals surface area contributed by atoms with Gasteiger partial charge < -0.3 is 10.1 Å². The van der Waals surface area contributed by atoms with Crippen molar-refractivity contribution in [3.8, 4) is 0 Å². The summed E-state index contributed by atoms with van der Waals surface area (Å²) < 4.78 is 5.13. The SMILES string of the molecule is CCC(CC)(CNCCOC)CC1Cc2ccccc2S1. The molecule has 0 fully saturated rings. The van der Waals surface area contributed by atoms with E-state index in [0.29, 0.717) is 5.41 Å². The van der Waals surface area contributed by atoms with E-state index >= 15 is 0 Å². The average molecular weight is 308 g/mol. The molecule has 1 N–H and O–H groups in total. The number of fused-ring (bicyclic) bond motifs is 1. The Balaban J connectivity index is 1.91. The fourth-order valence-corrected chi connectivity index (χ4v) is 4.76. The van der Waals surface area contributed by atoms with Crippen LogP contribution >= 0.6 is 11.8 Å². The molecule has 1 unspecified atom stereocenters. The average Bonchev–Trinajstić information content (AvgIpc) is 2.92. The van der Waals surface area contributed by atoms with Gasteiger partial charge in [0, 0.05) is 30.3 Å². The Labute approximate surface area is 134 Å². The van der Waals surface area contributed by atoms with Crippen LogP contribution in [0.2, 0.25) is 0 Å². The van der Waals surface area contributed by atoms with Gasteiger partial charge >= 0.3 is 0 Å². The predicted octanol–water partition coefficient (Wildman–Crippen LogP) is 4.14. The monoisotopic (exact) mass is 307 g/mol. The molecule has 0 saturated heterocycles. The Morgan fingerprint density at radius 1 is 1.29 bits per heavy atom. The lowest BCUT2D eigenvalue weighted by atomic mass is 9.77. The minimum atomic E-state index is 0.424.